The number of rotatable bonds is 4. The van der Waals surface area contributed by atoms with Crippen molar-refractivity contribution in [2.24, 2.45) is 0 Å². The van der Waals surface area contributed by atoms with E-state index in [1.165, 1.54) is 4.88 Å². The zero-order valence-corrected chi connectivity index (χ0v) is 18.2. The van der Waals surface area contributed by atoms with Crippen molar-refractivity contribution in [1.82, 2.24) is 19.9 Å². The van der Waals surface area contributed by atoms with Crippen LogP contribution in [0.2, 0.25) is 0 Å². The molecule has 1 aliphatic heterocycles. The monoisotopic (exact) mass is 429 g/mol. The standard InChI is InChI=1S/C24H23N5OS/c1-2-19-15-20-22(26-16-27-23(20)31-19)28-11-13-29(14-12-28)24(30)18-8-6-17(7-9-18)21-5-3-4-10-25-21/h3-10,15-16H,2,11-14H2,1H3. The molecule has 156 valence electrons. The maximum Gasteiger partial charge on any atom is 0.253 e. The molecule has 0 bridgehead atoms. The van der Waals surface area contributed by atoms with Gasteiger partial charge in [0.1, 0.15) is 17.0 Å². The third kappa shape index (κ3) is 3.88. The lowest BCUT2D eigenvalue weighted by molar-refractivity contribution is 0.0746. The highest BCUT2D eigenvalue weighted by atomic mass is 32.1. The van der Waals surface area contributed by atoms with Crippen LogP contribution in [0.15, 0.2) is 61.1 Å². The van der Waals surface area contributed by atoms with Crippen LogP contribution in [0.25, 0.3) is 21.5 Å². The average molecular weight is 430 g/mol. The normalized spacial score (nSPS) is 14.2. The highest BCUT2D eigenvalue weighted by Crippen LogP contribution is 2.31. The van der Waals surface area contributed by atoms with Crippen molar-refractivity contribution in [1.29, 1.82) is 0 Å². The summed E-state index contributed by atoms with van der Waals surface area (Å²) in [5.41, 5.74) is 2.63. The maximum atomic E-state index is 13.0. The molecular weight excluding hydrogens is 406 g/mol. The largest absolute Gasteiger partial charge is 0.352 e. The first-order chi connectivity index (χ1) is 15.2. The van der Waals surface area contributed by atoms with Crippen LogP contribution >= 0.6 is 11.3 Å². The first-order valence-corrected chi connectivity index (χ1v) is 11.3. The predicted molar refractivity (Wildman–Crippen MR) is 125 cm³/mol. The SMILES string of the molecule is CCc1cc2c(N3CCN(C(=O)c4ccc(-c5ccccn5)cc4)CC3)ncnc2s1. The van der Waals surface area contributed by atoms with E-state index in [9.17, 15) is 4.79 Å². The third-order valence-corrected chi connectivity index (χ3v) is 6.85. The molecule has 0 atom stereocenters. The summed E-state index contributed by atoms with van der Waals surface area (Å²) in [4.78, 5) is 32.9. The minimum absolute atomic E-state index is 0.0730. The number of benzene rings is 1. The molecule has 0 unspecified atom stereocenters. The molecule has 0 aliphatic carbocycles. The smallest absolute Gasteiger partial charge is 0.253 e. The Kier molecular flexibility index (Phi) is 5.34. The van der Waals surface area contributed by atoms with Crippen LogP contribution in [0.1, 0.15) is 22.2 Å². The Morgan fingerprint density at radius 2 is 1.81 bits per heavy atom. The molecule has 4 heterocycles. The Balaban J connectivity index is 1.27. The zero-order valence-electron chi connectivity index (χ0n) is 17.4. The van der Waals surface area contributed by atoms with Crippen LogP contribution < -0.4 is 4.90 Å². The molecule has 0 saturated carbocycles. The number of hydrogen-bond donors (Lipinski definition) is 0. The molecule has 0 radical (unpaired) electrons. The number of anilines is 1. The Hall–Kier alpha value is -3.32. The van der Waals surface area contributed by atoms with Gasteiger partial charge < -0.3 is 9.80 Å². The molecule has 1 aromatic carbocycles. The van der Waals surface area contributed by atoms with Crippen molar-refractivity contribution in [3.05, 3.63) is 71.5 Å². The summed E-state index contributed by atoms with van der Waals surface area (Å²) in [6, 6.07) is 15.7. The van der Waals surface area contributed by atoms with Gasteiger partial charge in [-0.2, -0.15) is 0 Å². The van der Waals surface area contributed by atoms with Gasteiger partial charge in [0.05, 0.1) is 11.1 Å². The van der Waals surface area contributed by atoms with E-state index >= 15 is 0 Å². The lowest BCUT2D eigenvalue weighted by Gasteiger charge is -2.35. The molecule has 0 spiro atoms. The number of aromatic nitrogens is 3. The summed E-state index contributed by atoms with van der Waals surface area (Å²) in [6.07, 6.45) is 4.43. The summed E-state index contributed by atoms with van der Waals surface area (Å²) >= 11 is 1.73. The van der Waals surface area contributed by atoms with Crippen molar-refractivity contribution < 1.29 is 4.79 Å². The van der Waals surface area contributed by atoms with E-state index in [4.69, 9.17) is 0 Å². The highest BCUT2D eigenvalue weighted by molar-refractivity contribution is 7.18. The summed E-state index contributed by atoms with van der Waals surface area (Å²) in [6.45, 7) is 5.04. The number of carbonyl (C=O) groups excluding carboxylic acids is 1. The van der Waals surface area contributed by atoms with Gasteiger partial charge in [-0.25, -0.2) is 9.97 Å². The number of piperazine rings is 1. The Morgan fingerprint density at radius 3 is 2.52 bits per heavy atom. The molecule has 3 aromatic heterocycles. The third-order valence-electron chi connectivity index (χ3n) is 5.67. The number of nitrogens with zero attached hydrogens (tertiary/aromatic N) is 5. The van der Waals surface area contributed by atoms with E-state index in [0.717, 1.165) is 46.8 Å². The van der Waals surface area contributed by atoms with Crippen molar-refractivity contribution in [3.8, 4) is 11.3 Å². The fraction of sp³-hybridized carbons (Fsp3) is 0.250. The lowest BCUT2D eigenvalue weighted by Crippen LogP contribution is -2.49. The molecule has 1 saturated heterocycles. The van der Waals surface area contributed by atoms with E-state index in [2.05, 4.69) is 32.8 Å². The van der Waals surface area contributed by atoms with Crippen molar-refractivity contribution >= 4 is 33.3 Å². The quantitative estimate of drug-likeness (QED) is 0.485. The van der Waals surface area contributed by atoms with Crippen LogP contribution in [0.5, 0.6) is 0 Å². The van der Waals surface area contributed by atoms with Crippen LogP contribution in [0, 0.1) is 0 Å². The zero-order chi connectivity index (χ0) is 21.2. The van der Waals surface area contributed by atoms with E-state index in [1.54, 1.807) is 23.9 Å². The maximum absolute atomic E-state index is 13.0. The topological polar surface area (TPSA) is 62.2 Å². The van der Waals surface area contributed by atoms with Gasteiger partial charge in [-0.3, -0.25) is 9.78 Å². The number of hydrogen-bond acceptors (Lipinski definition) is 6. The van der Waals surface area contributed by atoms with Gasteiger partial charge in [0.2, 0.25) is 0 Å². The predicted octanol–water partition coefficient (Wildman–Crippen LogP) is 4.28. The van der Waals surface area contributed by atoms with Crippen molar-refractivity contribution in [2.75, 3.05) is 31.1 Å². The molecule has 1 amide bonds. The van der Waals surface area contributed by atoms with E-state index in [0.29, 0.717) is 18.7 Å². The Bertz CT molecular complexity index is 1200. The molecule has 31 heavy (non-hydrogen) atoms. The highest BCUT2D eigenvalue weighted by Gasteiger charge is 2.24. The summed E-state index contributed by atoms with van der Waals surface area (Å²) in [7, 11) is 0. The molecule has 4 aromatic rings. The van der Waals surface area contributed by atoms with Gasteiger partial charge in [-0.15, -0.1) is 11.3 Å². The molecule has 7 heteroatoms. The lowest BCUT2D eigenvalue weighted by atomic mass is 10.1. The van der Waals surface area contributed by atoms with E-state index in [1.807, 2.05) is 47.4 Å². The van der Waals surface area contributed by atoms with Crippen molar-refractivity contribution in [3.63, 3.8) is 0 Å². The van der Waals surface area contributed by atoms with Gasteiger partial charge >= 0.3 is 0 Å². The summed E-state index contributed by atoms with van der Waals surface area (Å²) in [5.74, 6) is 1.05. The van der Waals surface area contributed by atoms with Gasteiger partial charge in [-0.1, -0.05) is 25.1 Å². The van der Waals surface area contributed by atoms with Crippen LogP contribution in [-0.4, -0.2) is 51.9 Å². The van der Waals surface area contributed by atoms with Gasteiger partial charge in [0.25, 0.3) is 5.91 Å². The second-order valence-electron chi connectivity index (χ2n) is 7.55. The van der Waals surface area contributed by atoms with Crippen LogP contribution in [0.4, 0.5) is 5.82 Å². The fourth-order valence-electron chi connectivity index (χ4n) is 3.94. The van der Waals surface area contributed by atoms with Gasteiger partial charge in [-0.05, 0) is 36.8 Å². The van der Waals surface area contributed by atoms with Crippen molar-refractivity contribution in [2.45, 2.75) is 13.3 Å². The second kappa shape index (κ2) is 8.43. The minimum Gasteiger partial charge on any atom is -0.352 e. The van der Waals surface area contributed by atoms with Crippen LogP contribution in [0.3, 0.4) is 0 Å². The number of pyridine rings is 1. The van der Waals surface area contributed by atoms with E-state index in [-0.39, 0.29) is 5.91 Å². The minimum atomic E-state index is 0.0730. The number of fused-ring (bicyclic) bond motifs is 1. The summed E-state index contributed by atoms with van der Waals surface area (Å²) in [5, 5.41) is 1.12. The van der Waals surface area contributed by atoms with Crippen LogP contribution in [-0.2, 0) is 6.42 Å². The number of amides is 1. The first-order valence-electron chi connectivity index (χ1n) is 10.5. The molecular formula is C24H23N5OS. The van der Waals surface area contributed by atoms with Gasteiger partial charge in [0.15, 0.2) is 0 Å². The van der Waals surface area contributed by atoms with Gasteiger partial charge in [0, 0.05) is 48.4 Å². The summed E-state index contributed by atoms with van der Waals surface area (Å²) < 4.78 is 0. The fourth-order valence-corrected chi connectivity index (χ4v) is 4.87. The molecule has 1 aliphatic rings. The molecule has 6 nitrogen and oxygen atoms in total. The average Bonchev–Trinajstić information content (AvgIpc) is 3.28. The second-order valence-corrected chi connectivity index (χ2v) is 8.67. The number of aryl methyl sites for hydroxylation is 1. The number of thiophene rings is 1. The number of carbonyl (C=O) groups is 1. The Labute approximate surface area is 185 Å². The first kappa shape index (κ1) is 19.6. The molecule has 0 N–H and O–H groups in total. The Morgan fingerprint density at radius 1 is 1.00 bits per heavy atom. The molecule has 5 rings (SSSR count). The van der Waals surface area contributed by atoms with E-state index < -0.39 is 0 Å². The molecule has 1 fully saturated rings.